The molecule has 0 N–H and O–H groups in total. The van der Waals surface area contributed by atoms with Crippen LogP contribution >= 0.6 is 0 Å². The zero-order valence-electron chi connectivity index (χ0n) is 20.1. The zero-order chi connectivity index (χ0) is 22.0. The minimum atomic E-state index is 0. The number of rotatable bonds is 5. The molecule has 3 aromatic carbocycles. The molecule has 1 aliphatic rings. The molecule has 0 bridgehead atoms. The Morgan fingerprint density at radius 1 is 0.969 bits per heavy atom. The summed E-state index contributed by atoms with van der Waals surface area (Å²) < 4.78 is 0. The van der Waals surface area contributed by atoms with Crippen molar-refractivity contribution in [3.63, 3.8) is 0 Å². The molecule has 0 heterocycles. The van der Waals surface area contributed by atoms with Crippen molar-refractivity contribution in [2.24, 2.45) is 0 Å². The maximum absolute atomic E-state index is 3.30. The molecular weight excluding hydrogens is 527 g/mol. The first-order valence-electron chi connectivity index (χ1n) is 11.3. The normalized spacial score (nSPS) is 10.7. The molecule has 172 valence electrons. The minimum Gasteiger partial charge on any atom is -1.00 e. The molecule has 0 fully saturated rings. The van der Waals surface area contributed by atoms with Crippen molar-refractivity contribution in [3.05, 3.63) is 89.5 Å². The Hall–Kier alpha value is -0.530. The fraction of sp³-hybridized carbons (Fsp3) is 0.393. The molecular formula is C28H36Cl2SiZr-2. The minimum absolute atomic E-state index is 0. The standard InChI is InChI=1S/C13H9.C13H21.C2H6Si.2ClH.Zr/c1-3-7-12-10(5-1)9-11-6-2-4-8-13(11)12;1-4-11-13(5-2,6-3)12-9-7-8-10-12;1-3-2;;;/h1-5,7-8H,9H2;7-10H,4-6,11H2,1-3H3;1-2H3;2*1H;/q2*-1;;;;+2/p-2. The van der Waals surface area contributed by atoms with E-state index in [0.717, 1.165) is 6.42 Å². The summed E-state index contributed by atoms with van der Waals surface area (Å²) in [5.41, 5.74) is 7.72. The van der Waals surface area contributed by atoms with Gasteiger partial charge in [-0.2, -0.15) is 53.6 Å². The Morgan fingerprint density at radius 2 is 1.59 bits per heavy atom. The Morgan fingerprint density at radius 3 is 2.16 bits per heavy atom. The van der Waals surface area contributed by atoms with E-state index in [-0.39, 0.29) is 30.2 Å². The molecule has 0 aliphatic heterocycles. The third kappa shape index (κ3) is 8.68. The summed E-state index contributed by atoms with van der Waals surface area (Å²) in [6, 6.07) is 27.0. The molecule has 4 rings (SSSR count). The summed E-state index contributed by atoms with van der Waals surface area (Å²) in [6.07, 6.45) is 6.19. The van der Waals surface area contributed by atoms with E-state index in [1.54, 1.807) is 28.9 Å². The van der Waals surface area contributed by atoms with Gasteiger partial charge in [0, 0.05) is 0 Å². The molecule has 32 heavy (non-hydrogen) atoms. The summed E-state index contributed by atoms with van der Waals surface area (Å²) in [5.74, 6) is 0. The summed E-state index contributed by atoms with van der Waals surface area (Å²) in [7, 11) is 0. The van der Waals surface area contributed by atoms with Crippen molar-refractivity contribution in [3.8, 4) is 11.1 Å². The van der Waals surface area contributed by atoms with Gasteiger partial charge in [0.15, 0.2) is 0 Å². The number of halogens is 2. The Bertz CT molecular complexity index is 867. The van der Waals surface area contributed by atoms with Crippen LogP contribution in [0.1, 0.15) is 63.1 Å². The van der Waals surface area contributed by atoms with Gasteiger partial charge in [0.25, 0.3) is 0 Å². The van der Waals surface area contributed by atoms with Crippen LogP contribution in [0.5, 0.6) is 0 Å². The van der Waals surface area contributed by atoms with Crippen molar-refractivity contribution in [1.29, 1.82) is 0 Å². The van der Waals surface area contributed by atoms with Gasteiger partial charge in [-0.3, -0.25) is 0 Å². The smallest absolute Gasteiger partial charge is 0.0253 e. The quantitative estimate of drug-likeness (QED) is 0.258. The van der Waals surface area contributed by atoms with Gasteiger partial charge in [0.05, 0.1) is 0 Å². The van der Waals surface area contributed by atoms with Gasteiger partial charge < -0.3 is 24.8 Å². The average Bonchev–Trinajstić information content (AvgIpc) is 3.40. The molecule has 0 atom stereocenters. The molecule has 0 unspecified atom stereocenters. The largest absolute Gasteiger partial charge is 1.00 e. The van der Waals surface area contributed by atoms with E-state index in [1.807, 2.05) is 6.07 Å². The first-order valence-corrected chi connectivity index (χ1v) is 17.5. The fourth-order valence-corrected chi connectivity index (χ4v) is 4.36. The van der Waals surface area contributed by atoms with Crippen LogP contribution in [-0.4, -0.2) is 5.43 Å². The summed E-state index contributed by atoms with van der Waals surface area (Å²) >= 11 is 1.74. The van der Waals surface area contributed by atoms with Crippen molar-refractivity contribution < 1.29 is 48.1 Å². The first kappa shape index (κ1) is 31.5. The summed E-state index contributed by atoms with van der Waals surface area (Å²) in [5, 5.41) is 0. The molecule has 0 radical (unpaired) electrons. The molecule has 0 amide bonds. The van der Waals surface area contributed by atoms with Gasteiger partial charge in [-0.15, -0.1) is 5.56 Å². The molecule has 3 aromatic rings. The van der Waals surface area contributed by atoms with E-state index >= 15 is 0 Å². The van der Waals surface area contributed by atoms with E-state index in [9.17, 15) is 0 Å². The van der Waals surface area contributed by atoms with Gasteiger partial charge in [-0.25, -0.2) is 6.07 Å². The SMILES string of the molecule is CCCC(CC)(CC)c1cc[cH-]c1.C[Si](C)=[Zr+2].[Cl-].[Cl-].[c-]1cccc2c1Cc1ccccc1-2. The molecule has 4 heteroatoms. The van der Waals surface area contributed by atoms with Crippen molar-refractivity contribution in [2.75, 3.05) is 0 Å². The summed E-state index contributed by atoms with van der Waals surface area (Å²) in [6.45, 7) is 11.5. The van der Waals surface area contributed by atoms with Crippen LogP contribution in [0.25, 0.3) is 11.1 Å². The first-order chi connectivity index (χ1) is 14.5. The second-order valence-corrected chi connectivity index (χ2v) is 17.7. The van der Waals surface area contributed by atoms with E-state index in [0.29, 0.717) is 5.41 Å². The predicted molar refractivity (Wildman–Crippen MR) is 130 cm³/mol. The van der Waals surface area contributed by atoms with Crippen molar-refractivity contribution >= 4 is 5.43 Å². The van der Waals surface area contributed by atoms with Crippen LogP contribution < -0.4 is 24.8 Å². The van der Waals surface area contributed by atoms with E-state index < -0.39 is 0 Å². The van der Waals surface area contributed by atoms with Gasteiger partial charge in [0.2, 0.25) is 0 Å². The van der Waals surface area contributed by atoms with Crippen LogP contribution in [0.15, 0.2) is 66.7 Å². The molecule has 0 spiro atoms. The van der Waals surface area contributed by atoms with Gasteiger partial charge in [0.1, 0.15) is 0 Å². The molecule has 0 saturated heterocycles. The number of hydrogen-bond acceptors (Lipinski definition) is 0. The second kappa shape index (κ2) is 16.2. The van der Waals surface area contributed by atoms with Crippen LogP contribution in [0, 0.1) is 6.07 Å². The number of fused-ring (bicyclic) bond motifs is 3. The van der Waals surface area contributed by atoms with Crippen LogP contribution in [0.2, 0.25) is 13.1 Å². The maximum atomic E-state index is 3.30. The van der Waals surface area contributed by atoms with Crippen LogP contribution in [-0.2, 0) is 35.2 Å². The van der Waals surface area contributed by atoms with Gasteiger partial charge >= 0.3 is 41.9 Å². The van der Waals surface area contributed by atoms with E-state index in [2.05, 4.69) is 101 Å². The Kier molecular flexibility index (Phi) is 15.9. The van der Waals surface area contributed by atoms with Gasteiger partial charge in [-0.05, 0) is 6.42 Å². The summed E-state index contributed by atoms with van der Waals surface area (Å²) in [4.78, 5) is 0. The van der Waals surface area contributed by atoms with E-state index in [4.69, 9.17) is 0 Å². The second-order valence-electron chi connectivity index (χ2n) is 8.31. The fourth-order valence-electron chi connectivity index (χ4n) is 4.36. The topological polar surface area (TPSA) is 0 Å². The molecule has 0 saturated carbocycles. The molecule has 0 aromatic heterocycles. The van der Waals surface area contributed by atoms with Crippen LogP contribution in [0.4, 0.5) is 0 Å². The number of benzene rings is 2. The van der Waals surface area contributed by atoms with Crippen LogP contribution in [0.3, 0.4) is 0 Å². The Labute approximate surface area is 224 Å². The monoisotopic (exact) mass is 560 g/mol. The zero-order valence-corrected chi connectivity index (χ0v) is 25.1. The number of hydrogen-bond donors (Lipinski definition) is 0. The maximum Gasteiger partial charge on any atom is -0.0253 e. The van der Waals surface area contributed by atoms with Crippen molar-refractivity contribution in [1.82, 2.24) is 0 Å². The molecule has 0 nitrogen and oxygen atoms in total. The van der Waals surface area contributed by atoms with Crippen molar-refractivity contribution in [2.45, 2.75) is 71.4 Å². The predicted octanol–water partition coefficient (Wildman–Crippen LogP) is 2.11. The third-order valence-electron chi connectivity index (χ3n) is 5.97. The Balaban J connectivity index is 0.000000490. The third-order valence-corrected chi connectivity index (χ3v) is 5.97. The van der Waals surface area contributed by atoms with E-state index in [1.165, 1.54) is 47.9 Å². The average molecular weight is 563 g/mol. The van der Waals surface area contributed by atoms with Gasteiger partial charge in [-0.1, -0.05) is 87.3 Å². The molecule has 1 aliphatic carbocycles.